The third-order valence-electron chi connectivity index (χ3n) is 7.61. The molecule has 0 amide bonds. The van der Waals surface area contributed by atoms with E-state index in [-0.39, 0.29) is 0 Å². The summed E-state index contributed by atoms with van der Waals surface area (Å²) >= 11 is 5.95. The molecule has 0 spiro atoms. The number of hydrogen-bond donors (Lipinski definition) is 0. The van der Waals surface area contributed by atoms with Crippen molar-refractivity contribution < 1.29 is 0 Å². The summed E-state index contributed by atoms with van der Waals surface area (Å²) in [6.07, 6.45) is 12.5. The third kappa shape index (κ3) is 3.02. The molecule has 5 rings (SSSR count). The fraction of sp³-hybridized carbons (Fsp3) is 0.950. The molecule has 5 fully saturated rings. The zero-order valence-electron chi connectivity index (χ0n) is 17.2. The summed E-state index contributed by atoms with van der Waals surface area (Å²) in [7, 11) is 7.24. The highest BCUT2D eigenvalue weighted by Gasteiger charge is 2.59. The van der Waals surface area contributed by atoms with E-state index in [1.165, 1.54) is 57.8 Å². The Morgan fingerprint density at radius 2 is 1.35 bits per heavy atom. The zero-order valence-corrected chi connectivity index (χ0v) is 18.9. The van der Waals surface area contributed by atoms with Crippen LogP contribution in [-0.4, -0.2) is 65.8 Å². The van der Waals surface area contributed by atoms with Gasteiger partial charge in [0, 0.05) is 18.2 Å². The van der Waals surface area contributed by atoms with Gasteiger partial charge < -0.3 is 4.90 Å². The van der Waals surface area contributed by atoms with Crippen molar-refractivity contribution in [2.75, 3.05) is 41.3 Å². The predicted molar refractivity (Wildman–Crippen MR) is 116 cm³/mol. The maximum Gasteiger partial charge on any atom is 0.196 e. The van der Waals surface area contributed by atoms with Crippen LogP contribution in [0.15, 0.2) is 4.74 Å². The average Bonchev–Trinajstić information content (AvgIpc) is 2.58. The monoisotopic (exact) mass is 396 g/mol. The van der Waals surface area contributed by atoms with Gasteiger partial charge >= 0.3 is 0 Å². The molecule has 6 heteroatoms. The lowest BCUT2D eigenvalue weighted by Gasteiger charge is -2.63. The van der Waals surface area contributed by atoms with E-state index in [4.69, 9.17) is 17.0 Å². The van der Waals surface area contributed by atoms with Crippen molar-refractivity contribution in [3.05, 3.63) is 0 Å². The van der Waals surface area contributed by atoms with Crippen molar-refractivity contribution in [2.24, 2.45) is 22.5 Å². The minimum Gasteiger partial charge on any atom is -0.347 e. The number of likely N-dealkylation sites (tertiary alicyclic amines) is 1. The molecule has 4 bridgehead atoms. The number of nitrogens with zero attached hydrogens (tertiary/aromatic N) is 4. The Bertz CT molecular complexity index is 562. The molecule has 0 radical (unpaired) electrons. The Labute approximate surface area is 165 Å². The summed E-state index contributed by atoms with van der Waals surface area (Å²) in [4.78, 5) is 2.39. The Kier molecular flexibility index (Phi) is 5.31. The average molecular weight is 397 g/mol. The van der Waals surface area contributed by atoms with E-state index in [0.717, 1.165) is 36.0 Å². The highest BCUT2D eigenvalue weighted by Crippen LogP contribution is 2.75. The molecule has 148 valence electrons. The highest BCUT2D eigenvalue weighted by atomic mass is 32.1. The molecule has 4 nitrogen and oxygen atoms in total. The van der Waals surface area contributed by atoms with Gasteiger partial charge in [0.25, 0.3) is 0 Å². The normalized spacial score (nSPS) is 36.8. The van der Waals surface area contributed by atoms with Crippen LogP contribution in [0.5, 0.6) is 0 Å². The van der Waals surface area contributed by atoms with Crippen molar-refractivity contribution in [3.8, 4) is 0 Å². The molecule has 26 heavy (non-hydrogen) atoms. The van der Waals surface area contributed by atoms with Gasteiger partial charge in [0.15, 0.2) is 5.11 Å². The van der Waals surface area contributed by atoms with Gasteiger partial charge in [-0.15, -0.1) is 0 Å². The summed E-state index contributed by atoms with van der Waals surface area (Å²) in [5, 5.41) is 1.27. The van der Waals surface area contributed by atoms with Crippen LogP contribution in [0, 0.1) is 17.8 Å². The van der Waals surface area contributed by atoms with Crippen LogP contribution in [-0.2, 0) is 0 Å². The summed E-state index contributed by atoms with van der Waals surface area (Å²) in [5.41, 5.74) is 0. The topological polar surface area (TPSA) is 22.1 Å². The van der Waals surface area contributed by atoms with Crippen molar-refractivity contribution in [1.82, 2.24) is 14.2 Å². The van der Waals surface area contributed by atoms with Gasteiger partial charge in [-0.05, 0) is 116 Å². The maximum atomic E-state index is 5.95. The molecular formula is C20H37N4PS. The molecule has 1 aliphatic heterocycles. The first-order valence-corrected chi connectivity index (χ1v) is 12.7. The van der Waals surface area contributed by atoms with Gasteiger partial charge in [-0.3, -0.25) is 9.34 Å². The lowest BCUT2D eigenvalue weighted by molar-refractivity contribution is 0.0307. The molecule has 0 atom stereocenters. The first kappa shape index (κ1) is 19.4. The second-order valence-corrected chi connectivity index (χ2v) is 14.1. The number of thiocarbonyl (C=S) groups is 1. The van der Waals surface area contributed by atoms with Gasteiger partial charge in [0.1, 0.15) is 7.36 Å². The largest absolute Gasteiger partial charge is 0.347 e. The third-order valence-corrected chi connectivity index (χ3v) is 12.6. The maximum absolute atomic E-state index is 5.95. The van der Waals surface area contributed by atoms with Crippen LogP contribution in [0.3, 0.4) is 0 Å². The minimum atomic E-state index is -1.85. The predicted octanol–water partition coefficient (Wildman–Crippen LogP) is 4.88. The summed E-state index contributed by atoms with van der Waals surface area (Å²) in [6.45, 7) is 2.20. The minimum absolute atomic E-state index is 0.370. The van der Waals surface area contributed by atoms with Crippen LogP contribution in [0.4, 0.5) is 0 Å². The fourth-order valence-corrected chi connectivity index (χ4v) is 12.6. The molecular weight excluding hydrogens is 359 g/mol. The molecule has 0 aromatic rings. The van der Waals surface area contributed by atoms with Crippen LogP contribution in [0.25, 0.3) is 0 Å². The van der Waals surface area contributed by atoms with Gasteiger partial charge in [-0.2, -0.15) is 0 Å². The van der Waals surface area contributed by atoms with E-state index < -0.39 is 7.36 Å². The SMILES string of the molecule is CN(C)P(=NC(=S)N1CCCCC1)(N(C)C)C12CC3CC(CC(C3)C1)C2. The van der Waals surface area contributed by atoms with Gasteiger partial charge in [0.05, 0.1) is 0 Å². The van der Waals surface area contributed by atoms with E-state index in [2.05, 4.69) is 42.4 Å². The molecule has 0 aromatic heterocycles. The first-order valence-electron chi connectivity index (χ1n) is 10.6. The van der Waals surface area contributed by atoms with E-state index in [1.807, 2.05) is 0 Å². The lowest BCUT2D eigenvalue weighted by Crippen LogP contribution is -2.54. The summed E-state index contributed by atoms with van der Waals surface area (Å²) in [6, 6.07) is 0. The molecule has 5 aliphatic rings. The lowest BCUT2D eigenvalue weighted by atomic mass is 9.56. The Morgan fingerprint density at radius 1 is 0.885 bits per heavy atom. The Morgan fingerprint density at radius 3 is 1.77 bits per heavy atom. The second kappa shape index (κ2) is 7.13. The van der Waals surface area contributed by atoms with Crippen molar-refractivity contribution in [2.45, 2.75) is 62.9 Å². The number of hydrogen-bond acceptors (Lipinski definition) is 1. The fourth-order valence-electron chi connectivity index (χ4n) is 7.19. The van der Waals surface area contributed by atoms with E-state index in [1.54, 1.807) is 0 Å². The Balaban J connectivity index is 1.77. The van der Waals surface area contributed by atoms with Crippen molar-refractivity contribution in [1.29, 1.82) is 0 Å². The molecule has 1 heterocycles. The summed E-state index contributed by atoms with van der Waals surface area (Å²) < 4.78 is 10.5. The van der Waals surface area contributed by atoms with Gasteiger partial charge in [-0.25, -0.2) is 4.74 Å². The smallest absolute Gasteiger partial charge is 0.196 e. The molecule has 0 unspecified atom stereocenters. The van der Waals surface area contributed by atoms with E-state index in [0.29, 0.717) is 5.16 Å². The number of rotatable bonds is 3. The van der Waals surface area contributed by atoms with Crippen LogP contribution in [0.2, 0.25) is 0 Å². The molecule has 1 saturated heterocycles. The summed E-state index contributed by atoms with van der Waals surface area (Å²) in [5.74, 6) is 2.83. The van der Waals surface area contributed by atoms with Crippen LogP contribution >= 0.6 is 19.6 Å². The van der Waals surface area contributed by atoms with E-state index >= 15 is 0 Å². The first-order chi connectivity index (χ1) is 12.4. The molecule has 0 aromatic carbocycles. The Hall–Kier alpha value is 0.0400. The van der Waals surface area contributed by atoms with Gasteiger partial charge in [0.2, 0.25) is 0 Å². The van der Waals surface area contributed by atoms with Crippen molar-refractivity contribution in [3.63, 3.8) is 0 Å². The molecule has 0 N–H and O–H groups in total. The standard InChI is InChI=1S/C20H37N4PS/c1-22(2)25(23(3)4,21-19(26)24-8-6-5-7-9-24)20-13-16-10-17(14-20)12-18(11-16)15-20/h16-18H,5-15H2,1-4H3. The molecule has 4 saturated carbocycles. The van der Waals surface area contributed by atoms with Crippen LogP contribution < -0.4 is 0 Å². The van der Waals surface area contributed by atoms with Gasteiger partial charge in [-0.1, -0.05) is 0 Å². The quantitative estimate of drug-likeness (QED) is 0.501. The van der Waals surface area contributed by atoms with Crippen molar-refractivity contribution >= 4 is 24.7 Å². The second-order valence-electron chi connectivity index (χ2n) is 9.83. The van der Waals surface area contributed by atoms with E-state index in [9.17, 15) is 0 Å². The number of piperidine rings is 1. The highest BCUT2D eigenvalue weighted by molar-refractivity contribution is 7.81. The molecule has 4 aliphatic carbocycles. The van der Waals surface area contributed by atoms with Crippen LogP contribution in [0.1, 0.15) is 57.8 Å². The zero-order chi connectivity index (χ0) is 18.5.